The minimum atomic E-state index is -0.189. The van der Waals surface area contributed by atoms with Crippen LogP contribution in [-0.4, -0.2) is 60.9 Å². The number of rotatable bonds is 42. The Hall–Kier alpha value is -0.452. The van der Waals surface area contributed by atoms with Gasteiger partial charge in [-0.3, -0.25) is 9.59 Å². The first kappa shape index (κ1) is 59.9. The van der Waals surface area contributed by atoms with Gasteiger partial charge in [-0.05, 0) is 77.4 Å². The molecule has 0 saturated carbocycles. The molecule has 0 aliphatic heterocycles. The van der Waals surface area contributed by atoms with E-state index in [1.165, 1.54) is 155 Å². The Morgan fingerprint density at radius 2 is 0.821 bits per heavy atom. The molecule has 0 heterocycles. The molecular formula is C49H98NO5W-. The van der Waals surface area contributed by atoms with Gasteiger partial charge >= 0.3 is 11.9 Å². The summed E-state index contributed by atoms with van der Waals surface area (Å²) in [6.45, 7) is 18.8. The summed E-state index contributed by atoms with van der Waals surface area (Å²) in [7, 11) is 0. The summed E-state index contributed by atoms with van der Waals surface area (Å²) in [5.41, 5.74) is 0. The number of aliphatic hydroxyl groups is 1. The van der Waals surface area contributed by atoms with Crippen molar-refractivity contribution in [3.8, 4) is 0 Å². The zero-order chi connectivity index (χ0) is 40.9. The molecule has 2 unspecified atom stereocenters. The van der Waals surface area contributed by atoms with Crippen LogP contribution in [0.1, 0.15) is 253 Å². The number of carbonyl (C=O) groups excluding carboxylic acids is 2. The van der Waals surface area contributed by atoms with Crippen LogP contribution in [0.25, 0.3) is 0 Å². The monoisotopic (exact) mass is 965 g/mol. The second-order valence-electron chi connectivity index (χ2n) is 16.5. The summed E-state index contributed by atoms with van der Waals surface area (Å²) in [6, 6.07) is 0. The van der Waals surface area contributed by atoms with Crippen LogP contribution in [0.5, 0.6) is 0 Å². The van der Waals surface area contributed by atoms with Gasteiger partial charge in [-0.15, -0.1) is 0 Å². The second kappa shape index (κ2) is 50.7. The van der Waals surface area contributed by atoms with Crippen LogP contribution in [0.4, 0.5) is 0 Å². The number of ether oxygens (including phenoxy) is 2. The zero-order valence-corrected chi connectivity index (χ0v) is 41.3. The number of hydrogen-bond acceptors (Lipinski definition) is 6. The Labute approximate surface area is 365 Å². The first-order valence-corrected chi connectivity index (χ1v) is 24.4. The van der Waals surface area contributed by atoms with Crippen molar-refractivity contribution >= 4 is 11.9 Å². The molecule has 0 amide bonds. The van der Waals surface area contributed by atoms with Crippen LogP contribution >= 0.6 is 0 Å². The molecule has 6 nitrogen and oxygen atoms in total. The van der Waals surface area contributed by atoms with Crippen LogP contribution in [-0.2, 0) is 40.1 Å². The quantitative estimate of drug-likeness (QED) is 0.0373. The Kier molecular flexibility index (Phi) is 54.2. The van der Waals surface area contributed by atoms with Crippen LogP contribution in [0.2, 0.25) is 0 Å². The number of carbonyl (C=O) groups is 2. The van der Waals surface area contributed by atoms with Crippen molar-refractivity contribution in [2.75, 3.05) is 32.8 Å². The van der Waals surface area contributed by atoms with E-state index in [0.29, 0.717) is 13.2 Å². The topological polar surface area (TPSA) is 76.1 Å². The van der Waals surface area contributed by atoms with E-state index >= 15 is 0 Å². The standard InChI is InChI=1S/C34H66NO4.C15H32O.W/c1-5-8-11-14-15-19-26-33(25-18-12-9-6-2)34(37)39-31-23-17-16-21-28-35(27-20-13-10-7-3)29-22-24-30-38-32(4)36;1-3-5-7-9-10-12-14-15(16)13-11-8-6-4-2;/h33H,3,5-31H2,1-2,4H3;15-16H,3-14H2,1-2H3;/q-1;;. The van der Waals surface area contributed by atoms with Crippen LogP contribution < -0.4 is 0 Å². The third-order valence-electron chi connectivity index (χ3n) is 10.9. The zero-order valence-electron chi connectivity index (χ0n) is 38.4. The van der Waals surface area contributed by atoms with E-state index in [-0.39, 0.29) is 45.0 Å². The molecule has 56 heavy (non-hydrogen) atoms. The molecule has 0 spiro atoms. The molecule has 0 rings (SSSR count). The fraction of sp³-hybridized carbons (Fsp3) is 0.939. The average molecular weight is 965 g/mol. The van der Waals surface area contributed by atoms with E-state index in [9.17, 15) is 14.7 Å². The largest absolute Gasteiger partial charge is 0.466 e. The fourth-order valence-corrected chi connectivity index (χ4v) is 7.24. The first-order chi connectivity index (χ1) is 26.9. The molecule has 336 valence electrons. The minimum absolute atomic E-state index is 0. The summed E-state index contributed by atoms with van der Waals surface area (Å²) >= 11 is 0. The Balaban J connectivity index is -0.00000138. The average Bonchev–Trinajstić information content (AvgIpc) is 3.17. The summed E-state index contributed by atoms with van der Waals surface area (Å²) in [5.74, 6) is -0.0285. The van der Waals surface area contributed by atoms with E-state index in [1.54, 1.807) is 0 Å². The first-order valence-electron chi connectivity index (χ1n) is 24.4. The van der Waals surface area contributed by atoms with Gasteiger partial charge in [-0.2, -0.15) is 6.42 Å². The molecule has 0 aliphatic rings. The maximum Gasteiger partial charge on any atom is 0.308 e. The third kappa shape index (κ3) is 47.9. The van der Waals surface area contributed by atoms with Crippen molar-refractivity contribution in [3.63, 3.8) is 0 Å². The molecule has 2 atom stereocenters. The van der Waals surface area contributed by atoms with Crippen LogP contribution in [0, 0.1) is 12.8 Å². The predicted octanol–water partition coefficient (Wildman–Crippen LogP) is 14.5. The van der Waals surface area contributed by atoms with Crippen molar-refractivity contribution in [1.29, 1.82) is 0 Å². The summed E-state index contributed by atoms with van der Waals surface area (Å²) in [4.78, 5) is 26.3. The molecule has 0 radical (unpaired) electrons. The van der Waals surface area contributed by atoms with Gasteiger partial charge < -0.3 is 26.4 Å². The van der Waals surface area contributed by atoms with E-state index in [0.717, 1.165) is 90.3 Å². The summed E-state index contributed by atoms with van der Waals surface area (Å²) in [6.07, 6.45) is 40.8. The number of unbranched alkanes of at least 4 members (excludes halogenated alkanes) is 23. The van der Waals surface area contributed by atoms with Gasteiger partial charge in [-0.1, -0.05) is 182 Å². The van der Waals surface area contributed by atoms with Crippen LogP contribution in [0.15, 0.2) is 0 Å². The minimum Gasteiger partial charge on any atom is -0.466 e. The van der Waals surface area contributed by atoms with E-state index < -0.39 is 0 Å². The Morgan fingerprint density at radius 1 is 0.482 bits per heavy atom. The van der Waals surface area contributed by atoms with Gasteiger partial charge in [0.05, 0.1) is 25.2 Å². The molecule has 0 saturated heterocycles. The van der Waals surface area contributed by atoms with Crippen molar-refractivity contribution in [2.24, 2.45) is 5.92 Å². The van der Waals surface area contributed by atoms with Gasteiger partial charge in [-0.25, -0.2) is 0 Å². The molecule has 1 N–H and O–H groups in total. The maximum atomic E-state index is 12.8. The molecule has 0 aromatic heterocycles. The maximum absolute atomic E-state index is 12.8. The smallest absolute Gasteiger partial charge is 0.308 e. The third-order valence-corrected chi connectivity index (χ3v) is 10.9. The fourth-order valence-electron chi connectivity index (χ4n) is 7.24. The van der Waals surface area contributed by atoms with E-state index in [2.05, 4.69) is 39.5 Å². The van der Waals surface area contributed by atoms with Crippen molar-refractivity contribution in [3.05, 3.63) is 6.92 Å². The molecule has 7 heteroatoms. The molecule has 0 fully saturated rings. The van der Waals surface area contributed by atoms with Crippen LogP contribution in [0.3, 0.4) is 0 Å². The van der Waals surface area contributed by atoms with Crippen molar-refractivity contribution in [2.45, 2.75) is 259 Å². The summed E-state index contributed by atoms with van der Waals surface area (Å²) < 4.78 is 10.8. The second-order valence-corrected chi connectivity index (χ2v) is 16.5. The SMILES string of the molecule is CCCCCCCCC(O)CCCCCC.[CH2-]CCCCCN(CCCCCCOC(=O)C(CCCCCC)CCCCCCCC)CCCCOC(C)=O.[W]. The summed E-state index contributed by atoms with van der Waals surface area (Å²) in [5, 5.41) is 9.75. The van der Waals surface area contributed by atoms with E-state index in [4.69, 9.17) is 9.47 Å². The van der Waals surface area contributed by atoms with Gasteiger partial charge in [0.1, 0.15) is 0 Å². The van der Waals surface area contributed by atoms with Crippen molar-refractivity contribution in [1.82, 2.24) is 4.90 Å². The van der Waals surface area contributed by atoms with Gasteiger partial charge in [0.15, 0.2) is 0 Å². The molecule has 0 aromatic carbocycles. The molecule has 0 aromatic rings. The van der Waals surface area contributed by atoms with E-state index in [1.807, 2.05) is 0 Å². The number of esters is 2. The number of aliphatic hydroxyl groups excluding tert-OH is 1. The predicted molar refractivity (Wildman–Crippen MR) is 239 cm³/mol. The molecular weight excluding hydrogens is 866 g/mol. The normalized spacial score (nSPS) is 12.1. The molecule has 0 aliphatic carbocycles. The Morgan fingerprint density at radius 3 is 1.29 bits per heavy atom. The van der Waals surface area contributed by atoms with Crippen molar-refractivity contribution < 1.29 is 45.2 Å². The number of hydrogen-bond donors (Lipinski definition) is 1. The number of nitrogens with zero attached hydrogens (tertiary/aromatic N) is 1. The molecule has 0 bridgehead atoms. The Bertz CT molecular complexity index is 769. The van der Waals surface area contributed by atoms with Gasteiger partial charge in [0.2, 0.25) is 0 Å². The van der Waals surface area contributed by atoms with Gasteiger partial charge in [0.25, 0.3) is 0 Å². The van der Waals surface area contributed by atoms with Gasteiger partial charge in [0, 0.05) is 28.0 Å².